The highest BCUT2D eigenvalue weighted by Gasteiger charge is 2.34. The molecule has 0 spiro atoms. The summed E-state index contributed by atoms with van der Waals surface area (Å²) in [5, 5.41) is 16.1. The maximum absolute atomic E-state index is 12.5. The molecule has 0 unspecified atom stereocenters. The van der Waals surface area contributed by atoms with Gasteiger partial charge in [0.2, 0.25) is 0 Å². The molecule has 2 aromatic rings. The van der Waals surface area contributed by atoms with Crippen LogP contribution in [0.15, 0.2) is 40.1 Å². The maximum atomic E-state index is 12.5. The molecule has 0 atom stereocenters. The van der Waals surface area contributed by atoms with Crippen LogP contribution in [0.4, 0.5) is 5.69 Å². The minimum atomic E-state index is -0.571. The fourth-order valence-corrected chi connectivity index (χ4v) is 3.11. The summed E-state index contributed by atoms with van der Waals surface area (Å²) in [6, 6.07) is 7.40. The van der Waals surface area contributed by atoms with Crippen LogP contribution in [-0.2, 0) is 14.3 Å². The fourth-order valence-electron chi connectivity index (χ4n) is 3.11. The molecule has 0 radical (unpaired) electrons. The molecule has 142 valence electrons. The van der Waals surface area contributed by atoms with Crippen molar-refractivity contribution in [2.45, 2.75) is 13.8 Å². The van der Waals surface area contributed by atoms with Crippen LogP contribution in [0, 0.1) is 13.8 Å². The summed E-state index contributed by atoms with van der Waals surface area (Å²) in [7, 11) is 1.27. The smallest absolute Gasteiger partial charge is 0.337 e. The van der Waals surface area contributed by atoms with Gasteiger partial charge in [0.1, 0.15) is 11.5 Å². The molecular formula is C19H21N3O5. The lowest BCUT2D eigenvalue weighted by Crippen LogP contribution is -2.31. The monoisotopic (exact) mass is 371 g/mol. The molecule has 1 aliphatic heterocycles. The number of ether oxygens (including phenoxy) is 1. The van der Waals surface area contributed by atoms with Gasteiger partial charge >= 0.3 is 5.97 Å². The van der Waals surface area contributed by atoms with Crippen LogP contribution in [0.25, 0.3) is 11.1 Å². The Hall–Kier alpha value is -3.13. The Labute approximate surface area is 156 Å². The van der Waals surface area contributed by atoms with E-state index < -0.39 is 5.97 Å². The Bertz CT molecular complexity index is 879. The van der Waals surface area contributed by atoms with E-state index in [1.54, 1.807) is 0 Å². The van der Waals surface area contributed by atoms with Crippen LogP contribution in [0.2, 0.25) is 0 Å². The number of rotatable bonds is 6. The maximum Gasteiger partial charge on any atom is 0.337 e. The number of hydrogen-bond donors (Lipinski definition) is 2. The second kappa shape index (κ2) is 7.63. The quantitative estimate of drug-likeness (QED) is 0.744. The fraction of sp³-hybridized carbons (Fsp3) is 0.316. The molecule has 0 bridgehead atoms. The van der Waals surface area contributed by atoms with E-state index in [2.05, 4.69) is 10.5 Å². The van der Waals surface area contributed by atoms with Crippen LogP contribution in [0.3, 0.4) is 0 Å². The van der Waals surface area contributed by atoms with Gasteiger partial charge in [0.15, 0.2) is 0 Å². The van der Waals surface area contributed by atoms with Crippen LogP contribution in [-0.4, -0.2) is 53.8 Å². The van der Waals surface area contributed by atoms with Crippen LogP contribution in [0.1, 0.15) is 11.5 Å². The number of methoxy groups -OCH3 is 1. The number of esters is 1. The van der Waals surface area contributed by atoms with E-state index in [9.17, 15) is 9.59 Å². The highest BCUT2D eigenvalue weighted by Crippen LogP contribution is 2.29. The number of aliphatic hydroxyl groups excluding tert-OH is 1. The van der Waals surface area contributed by atoms with Gasteiger partial charge in [0.05, 0.1) is 31.5 Å². The SMILES string of the molecule is COC(=O)C1=C(Nc2ccc(-c3c(C)noc3C)cc2)C(=O)N(CCO)C1. The average molecular weight is 371 g/mol. The van der Waals surface area contributed by atoms with Gasteiger partial charge in [-0.25, -0.2) is 4.79 Å². The summed E-state index contributed by atoms with van der Waals surface area (Å²) in [6.45, 7) is 3.79. The summed E-state index contributed by atoms with van der Waals surface area (Å²) in [5.41, 5.74) is 3.74. The summed E-state index contributed by atoms with van der Waals surface area (Å²) in [4.78, 5) is 26.0. The van der Waals surface area contributed by atoms with Gasteiger partial charge in [-0.3, -0.25) is 4.79 Å². The number of benzene rings is 1. The Morgan fingerprint density at radius 3 is 2.59 bits per heavy atom. The lowest BCUT2D eigenvalue weighted by molar-refractivity contribution is -0.136. The third-order valence-electron chi connectivity index (χ3n) is 4.43. The Kier molecular flexibility index (Phi) is 5.27. The van der Waals surface area contributed by atoms with Gasteiger partial charge < -0.3 is 24.6 Å². The van der Waals surface area contributed by atoms with Crippen molar-refractivity contribution >= 4 is 17.6 Å². The van der Waals surface area contributed by atoms with E-state index in [4.69, 9.17) is 14.4 Å². The largest absolute Gasteiger partial charge is 0.466 e. The number of nitrogens with one attached hydrogen (secondary N) is 1. The van der Waals surface area contributed by atoms with Crippen molar-refractivity contribution in [3.05, 3.63) is 47.0 Å². The molecular weight excluding hydrogens is 350 g/mol. The van der Waals surface area contributed by atoms with Gasteiger partial charge in [0, 0.05) is 17.8 Å². The number of aryl methyl sites for hydroxylation is 2. The normalized spacial score (nSPS) is 14.1. The molecule has 8 heteroatoms. The van der Waals surface area contributed by atoms with E-state index in [1.165, 1.54) is 12.0 Å². The molecule has 1 aromatic carbocycles. The molecule has 27 heavy (non-hydrogen) atoms. The van der Waals surface area contributed by atoms with E-state index in [-0.39, 0.29) is 36.9 Å². The molecule has 2 heterocycles. The number of anilines is 1. The van der Waals surface area contributed by atoms with Crippen molar-refractivity contribution in [1.29, 1.82) is 0 Å². The molecule has 1 amide bonds. The van der Waals surface area contributed by atoms with Gasteiger partial charge in [-0.15, -0.1) is 0 Å². The molecule has 1 aromatic heterocycles. The van der Waals surface area contributed by atoms with Crippen LogP contribution < -0.4 is 5.32 Å². The second-order valence-corrected chi connectivity index (χ2v) is 6.20. The topological polar surface area (TPSA) is 105 Å². The Morgan fingerprint density at radius 2 is 2.04 bits per heavy atom. The minimum absolute atomic E-state index is 0.103. The van der Waals surface area contributed by atoms with E-state index in [0.717, 1.165) is 22.6 Å². The summed E-state index contributed by atoms with van der Waals surface area (Å²) in [5.74, 6) is -0.188. The zero-order valence-electron chi connectivity index (χ0n) is 15.4. The zero-order valence-corrected chi connectivity index (χ0v) is 15.4. The summed E-state index contributed by atoms with van der Waals surface area (Å²) in [6.07, 6.45) is 0. The molecule has 2 N–H and O–H groups in total. The number of hydrogen-bond acceptors (Lipinski definition) is 7. The zero-order chi connectivity index (χ0) is 19.6. The van der Waals surface area contributed by atoms with Crippen molar-refractivity contribution in [3.8, 4) is 11.1 Å². The molecule has 1 aliphatic rings. The van der Waals surface area contributed by atoms with Crippen molar-refractivity contribution in [2.75, 3.05) is 32.1 Å². The number of carbonyl (C=O) groups is 2. The van der Waals surface area contributed by atoms with Crippen molar-refractivity contribution in [3.63, 3.8) is 0 Å². The first kappa shape index (κ1) is 18.7. The Morgan fingerprint density at radius 1 is 1.33 bits per heavy atom. The highest BCUT2D eigenvalue weighted by molar-refractivity contribution is 6.08. The van der Waals surface area contributed by atoms with Crippen LogP contribution in [0.5, 0.6) is 0 Å². The van der Waals surface area contributed by atoms with Gasteiger partial charge in [-0.1, -0.05) is 17.3 Å². The van der Waals surface area contributed by atoms with E-state index >= 15 is 0 Å². The van der Waals surface area contributed by atoms with Crippen LogP contribution >= 0.6 is 0 Å². The first-order valence-electron chi connectivity index (χ1n) is 8.48. The molecule has 0 saturated carbocycles. The number of β-amino-alcohol motifs (C(OH)–C–C–N with tert-alkyl or cyclic N) is 1. The highest BCUT2D eigenvalue weighted by atomic mass is 16.5. The number of nitrogens with zero attached hydrogens (tertiary/aromatic N) is 2. The summed E-state index contributed by atoms with van der Waals surface area (Å²) >= 11 is 0. The first-order chi connectivity index (χ1) is 13.0. The predicted molar refractivity (Wildman–Crippen MR) is 97.7 cm³/mol. The standard InChI is InChI=1S/C19H21N3O5/c1-11-16(12(2)27-21-11)13-4-6-14(7-5-13)20-17-15(19(25)26-3)10-22(8-9-23)18(17)24/h4-7,20,23H,8-10H2,1-3H3. The van der Waals surface area contributed by atoms with Gasteiger partial charge in [-0.2, -0.15) is 0 Å². The lowest BCUT2D eigenvalue weighted by atomic mass is 10.0. The first-order valence-corrected chi connectivity index (χ1v) is 8.48. The van der Waals surface area contributed by atoms with E-state index in [1.807, 2.05) is 38.1 Å². The van der Waals surface area contributed by atoms with E-state index in [0.29, 0.717) is 5.69 Å². The number of aromatic nitrogens is 1. The van der Waals surface area contributed by atoms with Crippen molar-refractivity contribution < 1.29 is 24.0 Å². The second-order valence-electron chi connectivity index (χ2n) is 6.20. The van der Waals surface area contributed by atoms with Gasteiger partial charge in [-0.05, 0) is 31.5 Å². The number of carbonyl (C=O) groups excluding carboxylic acids is 2. The lowest BCUT2D eigenvalue weighted by Gasteiger charge is -2.15. The minimum Gasteiger partial charge on any atom is -0.466 e. The third kappa shape index (κ3) is 3.56. The van der Waals surface area contributed by atoms with Gasteiger partial charge in [0.25, 0.3) is 5.91 Å². The number of aliphatic hydroxyl groups is 1. The molecule has 0 aliphatic carbocycles. The average Bonchev–Trinajstić information content (AvgIpc) is 3.16. The predicted octanol–water partition coefficient (Wildman–Crippen LogP) is 1.63. The molecule has 3 rings (SSSR count). The summed E-state index contributed by atoms with van der Waals surface area (Å²) < 4.78 is 9.97. The molecule has 0 saturated heterocycles. The number of amides is 1. The molecule has 8 nitrogen and oxygen atoms in total. The third-order valence-corrected chi connectivity index (χ3v) is 4.43. The Balaban J connectivity index is 1.86. The molecule has 0 fully saturated rings. The van der Waals surface area contributed by atoms with Crippen molar-refractivity contribution in [2.24, 2.45) is 0 Å². The van der Waals surface area contributed by atoms with Crippen molar-refractivity contribution in [1.82, 2.24) is 10.1 Å².